The van der Waals surface area contributed by atoms with E-state index in [-0.39, 0.29) is 11.2 Å². The first kappa shape index (κ1) is 9.20. The Morgan fingerprint density at radius 1 is 1.50 bits per heavy atom. The van der Waals surface area contributed by atoms with Gasteiger partial charge in [-0.15, -0.1) is 0 Å². The summed E-state index contributed by atoms with van der Waals surface area (Å²) in [7, 11) is 0. The molecule has 2 nitrogen and oxygen atoms in total. The molecule has 0 aromatic carbocycles. The summed E-state index contributed by atoms with van der Waals surface area (Å²) in [5, 5.41) is 9.12. The van der Waals surface area contributed by atoms with Gasteiger partial charge in [0, 0.05) is 11.8 Å². The Morgan fingerprint density at radius 3 is 2.42 bits per heavy atom. The Morgan fingerprint density at radius 2 is 2.00 bits per heavy atom. The summed E-state index contributed by atoms with van der Waals surface area (Å²) in [6, 6.07) is 0. The lowest BCUT2D eigenvalue weighted by Gasteiger charge is -2.23. The van der Waals surface area contributed by atoms with Crippen molar-refractivity contribution in [2.24, 2.45) is 5.41 Å². The van der Waals surface area contributed by atoms with Crippen LogP contribution in [0.5, 0.6) is 0 Å². The molecule has 0 radical (unpaired) electrons. The van der Waals surface area contributed by atoms with Crippen LogP contribution in [-0.4, -0.2) is 17.0 Å². The van der Waals surface area contributed by atoms with E-state index in [0.29, 0.717) is 6.42 Å². The van der Waals surface area contributed by atoms with E-state index >= 15 is 0 Å². The molecule has 0 fully saturated rings. The van der Waals surface area contributed by atoms with Gasteiger partial charge in [0.25, 0.3) is 0 Å². The number of rotatable bonds is 2. The molecule has 0 atom stereocenters. The Hall–Kier alpha value is -0.890. The van der Waals surface area contributed by atoms with E-state index < -0.39 is 6.10 Å². The third-order valence-corrected chi connectivity index (χ3v) is 1.98. The summed E-state index contributed by atoms with van der Waals surface area (Å²) in [6.45, 7) is 3.56. The minimum atomic E-state index is -0.481. The summed E-state index contributed by atoms with van der Waals surface area (Å²) < 4.78 is 0. The predicted molar refractivity (Wildman–Crippen MR) is 47.7 cm³/mol. The van der Waals surface area contributed by atoms with E-state index in [9.17, 15) is 4.79 Å². The topological polar surface area (TPSA) is 37.3 Å². The zero-order valence-electron chi connectivity index (χ0n) is 7.45. The van der Waals surface area contributed by atoms with Gasteiger partial charge >= 0.3 is 0 Å². The number of carbonyl (C=O) groups excluding carboxylic acids is 1. The Bertz CT molecular complexity index is 224. The standard InChI is InChI=1S/C10H14O2/c1-8(11)7-10(2)5-3-9(12)4-6-10/h3-6,9,12H,7H2,1-2H3. The fourth-order valence-electron chi connectivity index (χ4n) is 1.41. The number of aliphatic hydroxyl groups is 1. The molecule has 1 aliphatic rings. The van der Waals surface area contributed by atoms with Crippen molar-refractivity contribution in [3.05, 3.63) is 24.3 Å². The van der Waals surface area contributed by atoms with Gasteiger partial charge < -0.3 is 5.11 Å². The van der Waals surface area contributed by atoms with Crippen molar-refractivity contribution in [3.63, 3.8) is 0 Å². The molecule has 1 rings (SSSR count). The van der Waals surface area contributed by atoms with Gasteiger partial charge in [0.1, 0.15) is 5.78 Å². The van der Waals surface area contributed by atoms with Gasteiger partial charge in [-0.05, 0) is 6.92 Å². The number of carbonyl (C=O) groups is 1. The zero-order chi connectivity index (χ0) is 9.19. The van der Waals surface area contributed by atoms with Crippen molar-refractivity contribution < 1.29 is 9.90 Å². The molecule has 0 aliphatic heterocycles. The molecule has 0 saturated carbocycles. The molecule has 0 aromatic rings. The maximum atomic E-state index is 10.9. The second kappa shape index (κ2) is 3.23. The van der Waals surface area contributed by atoms with E-state index in [1.54, 1.807) is 19.1 Å². The van der Waals surface area contributed by atoms with Crippen LogP contribution in [0.3, 0.4) is 0 Å². The number of hydrogen-bond acceptors (Lipinski definition) is 2. The smallest absolute Gasteiger partial charge is 0.131 e. The molecule has 0 heterocycles. The molecular weight excluding hydrogens is 152 g/mol. The molecule has 0 aromatic heterocycles. The lowest BCUT2D eigenvalue weighted by atomic mass is 9.81. The van der Waals surface area contributed by atoms with Gasteiger partial charge in [0.15, 0.2) is 0 Å². The average molecular weight is 166 g/mol. The third-order valence-electron chi connectivity index (χ3n) is 1.98. The quantitative estimate of drug-likeness (QED) is 0.630. The molecule has 1 N–H and O–H groups in total. The molecule has 0 spiro atoms. The van der Waals surface area contributed by atoms with Gasteiger partial charge in [0.2, 0.25) is 0 Å². The van der Waals surface area contributed by atoms with E-state index in [1.807, 2.05) is 19.1 Å². The van der Waals surface area contributed by atoms with Crippen LogP contribution >= 0.6 is 0 Å². The highest BCUT2D eigenvalue weighted by molar-refractivity contribution is 5.77. The minimum Gasteiger partial charge on any atom is -0.385 e. The second-order valence-electron chi connectivity index (χ2n) is 3.59. The van der Waals surface area contributed by atoms with Crippen LogP contribution in [0.1, 0.15) is 20.3 Å². The van der Waals surface area contributed by atoms with Crippen molar-refractivity contribution in [3.8, 4) is 0 Å². The monoisotopic (exact) mass is 166 g/mol. The normalized spacial score (nSPS) is 33.8. The lowest BCUT2D eigenvalue weighted by molar-refractivity contribution is -0.118. The van der Waals surface area contributed by atoms with Gasteiger partial charge in [-0.2, -0.15) is 0 Å². The Labute approximate surface area is 72.6 Å². The first-order chi connectivity index (χ1) is 5.52. The Kier molecular flexibility index (Phi) is 2.48. The average Bonchev–Trinajstić information content (AvgIpc) is 1.94. The Balaban J connectivity index is 2.68. The summed E-state index contributed by atoms with van der Waals surface area (Å²) >= 11 is 0. The third kappa shape index (κ3) is 2.31. The molecule has 0 amide bonds. The first-order valence-corrected chi connectivity index (χ1v) is 4.08. The molecule has 66 valence electrons. The molecular formula is C10H14O2. The lowest BCUT2D eigenvalue weighted by Crippen LogP contribution is -2.18. The van der Waals surface area contributed by atoms with Gasteiger partial charge in [0.05, 0.1) is 6.10 Å². The maximum Gasteiger partial charge on any atom is 0.131 e. The van der Waals surface area contributed by atoms with Crippen LogP contribution in [-0.2, 0) is 4.79 Å². The highest BCUT2D eigenvalue weighted by atomic mass is 16.3. The number of Topliss-reactive ketones (excluding diaryl/α,β-unsaturated/α-hetero) is 1. The van der Waals surface area contributed by atoms with Crippen LogP contribution in [0.25, 0.3) is 0 Å². The summed E-state index contributed by atoms with van der Waals surface area (Å²) in [4.78, 5) is 10.9. The number of ketones is 1. The second-order valence-corrected chi connectivity index (χ2v) is 3.59. The molecule has 0 unspecified atom stereocenters. The van der Waals surface area contributed by atoms with Crippen molar-refractivity contribution in [2.75, 3.05) is 0 Å². The largest absolute Gasteiger partial charge is 0.385 e. The minimum absolute atomic E-state index is 0.170. The number of allylic oxidation sites excluding steroid dienone is 2. The van der Waals surface area contributed by atoms with Crippen molar-refractivity contribution in [1.82, 2.24) is 0 Å². The van der Waals surface area contributed by atoms with Crippen LogP contribution in [0.2, 0.25) is 0 Å². The van der Waals surface area contributed by atoms with Crippen molar-refractivity contribution in [2.45, 2.75) is 26.4 Å². The molecule has 12 heavy (non-hydrogen) atoms. The molecule has 2 heteroatoms. The van der Waals surface area contributed by atoms with E-state index in [0.717, 1.165) is 0 Å². The summed E-state index contributed by atoms with van der Waals surface area (Å²) in [5.41, 5.74) is -0.189. The SMILES string of the molecule is CC(=O)CC1(C)C=CC(O)C=C1. The van der Waals surface area contributed by atoms with Gasteiger partial charge in [-0.25, -0.2) is 0 Å². The fourth-order valence-corrected chi connectivity index (χ4v) is 1.41. The highest BCUT2D eigenvalue weighted by Crippen LogP contribution is 2.28. The fraction of sp³-hybridized carbons (Fsp3) is 0.500. The maximum absolute atomic E-state index is 10.9. The van der Waals surface area contributed by atoms with Crippen LogP contribution < -0.4 is 0 Å². The van der Waals surface area contributed by atoms with E-state index in [2.05, 4.69) is 0 Å². The zero-order valence-corrected chi connectivity index (χ0v) is 7.45. The number of hydrogen-bond donors (Lipinski definition) is 1. The van der Waals surface area contributed by atoms with Crippen LogP contribution in [0.4, 0.5) is 0 Å². The summed E-state index contributed by atoms with van der Waals surface area (Å²) in [5.74, 6) is 0.170. The predicted octanol–water partition coefficient (Wildman–Crippen LogP) is 1.46. The molecule has 0 saturated heterocycles. The number of aliphatic hydroxyl groups excluding tert-OH is 1. The van der Waals surface area contributed by atoms with Crippen molar-refractivity contribution in [1.29, 1.82) is 0 Å². The molecule has 0 bridgehead atoms. The van der Waals surface area contributed by atoms with Gasteiger partial charge in [-0.3, -0.25) is 4.79 Å². The first-order valence-electron chi connectivity index (χ1n) is 4.08. The van der Waals surface area contributed by atoms with E-state index in [1.165, 1.54) is 0 Å². The van der Waals surface area contributed by atoms with E-state index in [4.69, 9.17) is 5.11 Å². The summed E-state index contributed by atoms with van der Waals surface area (Å²) in [6.07, 6.45) is 7.22. The van der Waals surface area contributed by atoms with Crippen LogP contribution in [0.15, 0.2) is 24.3 Å². The highest BCUT2D eigenvalue weighted by Gasteiger charge is 2.22. The van der Waals surface area contributed by atoms with Crippen LogP contribution in [0, 0.1) is 5.41 Å². The van der Waals surface area contributed by atoms with Gasteiger partial charge in [-0.1, -0.05) is 31.2 Å². The molecule has 1 aliphatic carbocycles. The van der Waals surface area contributed by atoms with Crippen molar-refractivity contribution >= 4 is 5.78 Å².